The summed E-state index contributed by atoms with van der Waals surface area (Å²) >= 11 is 6.02. The SMILES string of the molecule is CCCCCCCCNCc1ccc(OCc2cccc(Cl)c2)c(OC)c1.Cl. The fourth-order valence-corrected chi connectivity index (χ4v) is 3.20. The molecule has 0 aliphatic heterocycles. The summed E-state index contributed by atoms with van der Waals surface area (Å²) < 4.78 is 11.4. The van der Waals surface area contributed by atoms with Gasteiger partial charge in [0, 0.05) is 11.6 Å². The largest absolute Gasteiger partial charge is 0.493 e. The van der Waals surface area contributed by atoms with Crippen LogP contribution in [0.1, 0.15) is 56.6 Å². The maximum absolute atomic E-state index is 6.02. The van der Waals surface area contributed by atoms with Gasteiger partial charge in [-0.2, -0.15) is 0 Å². The van der Waals surface area contributed by atoms with Gasteiger partial charge in [0.25, 0.3) is 0 Å². The molecule has 2 aromatic rings. The molecule has 1 N–H and O–H groups in total. The summed E-state index contributed by atoms with van der Waals surface area (Å²) in [7, 11) is 1.68. The van der Waals surface area contributed by atoms with Crippen LogP contribution >= 0.6 is 24.0 Å². The van der Waals surface area contributed by atoms with Crippen LogP contribution in [0.15, 0.2) is 42.5 Å². The van der Waals surface area contributed by atoms with Crippen LogP contribution < -0.4 is 14.8 Å². The van der Waals surface area contributed by atoms with E-state index in [9.17, 15) is 0 Å². The zero-order chi connectivity index (χ0) is 19.3. The molecule has 0 bridgehead atoms. The Labute approximate surface area is 181 Å². The number of methoxy groups -OCH3 is 1. The lowest BCUT2D eigenvalue weighted by molar-refractivity contribution is 0.284. The highest BCUT2D eigenvalue weighted by molar-refractivity contribution is 6.30. The van der Waals surface area contributed by atoms with Crippen molar-refractivity contribution < 1.29 is 9.47 Å². The third-order valence-corrected chi connectivity index (χ3v) is 4.78. The van der Waals surface area contributed by atoms with Crippen LogP contribution in [0.25, 0.3) is 0 Å². The molecule has 0 radical (unpaired) electrons. The summed E-state index contributed by atoms with van der Waals surface area (Å²) in [5.74, 6) is 1.51. The monoisotopic (exact) mass is 425 g/mol. The first-order valence-electron chi connectivity index (χ1n) is 9.97. The van der Waals surface area contributed by atoms with Crippen LogP contribution in [0, 0.1) is 0 Å². The standard InChI is InChI=1S/C23H32ClNO2.ClH/c1-3-4-5-6-7-8-14-25-17-19-12-13-22(23(16-19)26-2)27-18-20-10-9-11-21(24)15-20;/h9-13,15-16,25H,3-8,14,17-18H2,1-2H3;1H. The first-order chi connectivity index (χ1) is 13.2. The van der Waals surface area contributed by atoms with E-state index in [-0.39, 0.29) is 12.4 Å². The Morgan fingerprint density at radius 2 is 1.68 bits per heavy atom. The summed E-state index contributed by atoms with van der Waals surface area (Å²) in [4.78, 5) is 0. The lowest BCUT2D eigenvalue weighted by atomic mass is 10.1. The maximum atomic E-state index is 6.02. The molecule has 0 heterocycles. The normalized spacial score (nSPS) is 10.4. The molecule has 0 aliphatic rings. The van der Waals surface area contributed by atoms with Gasteiger partial charge in [-0.25, -0.2) is 0 Å². The van der Waals surface area contributed by atoms with Crippen molar-refractivity contribution in [3.05, 3.63) is 58.6 Å². The summed E-state index contributed by atoms with van der Waals surface area (Å²) in [6.07, 6.45) is 7.93. The summed E-state index contributed by atoms with van der Waals surface area (Å²) in [5.41, 5.74) is 2.24. The number of rotatable bonds is 13. The highest BCUT2D eigenvalue weighted by atomic mass is 35.5. The minimum Gasteiger partial charge on any atom is -0.493 e. The second kappa shape index (κ2) is 14.6. The van der Waals surface area contributed by atoms with E-state index in [1.807, 2.05) is 36.4 Å². The van der Waals surface area contributed by atoms with Gasteiger partial charge < -0.3 is 14.8 Å². The van der Waals surface area contributed by atoms with Crippen LogP contribution in [0.2, 0.25) is 5.02 Å². The van der Waals surface area contributed by atoms with Gasteiger partial charge in [-0.15, -0.1) is 12.4 Å². The van der Waals surface area contributed by atoms with Crippen molar-refractivity contribution in [1.82, 2.24) is 5.32 Å². The fraction of sp³-hybridized carbons (Fsp3) is 0.478. The molecule has 0 aromatic heterocycles. The van der Waals surface area contributed by atoms with E-state index in [1.54, 1.807) is 7.11 Å². The van der Waals surface area contributed by atoms with E-state index in [1.165, 1.54) is 44.1 Å². The van der Waals surface area contributed by atoms with Crippen molar-refractivity contribution in [3.63, 3.8) is 0 Å². The predicted molar refractivity (Wildman–Crippen MR) is 121 cm³/mol. The van der Waals surface area contributed by atoms with E-state index in [2.05, 4.69) is 18.3 Å². The number of unbranched alkanes of at least 4 members (excludes halogenated alkanes) is 5. The molecule has 0 fully saturated rings. The van der Waals surface area contributed by atoms with Gasteiger partial charge in [0.05, 0.1) is 7.11 Å². The second-order valence-corrected chi connectivity index (χ2v) is 7.28. The van der Waals surface area contributed by atoms with E-state index in [0.717, 1.165) is 35.2 Å². The number of hydrogen-bond donors (Lipinski definition) is 1. The molecule has 0 atom stereocenters. The van der Waals surface area contributed by atoms with Crippen LogP contribution in [-0.2, 0) is 13.2 Å². The fourth-order valence-electron chi connectivity index (χ4n) is 2.99. The zero-order valence-corrected chi connectivity index (χ0v) is 18.6. The molecule has 5 heteroatoms. The Balaban J connectivity index is 0.00000392. The van der Waals surface area contributed by atoms with Crippen LogP contribution in [0.5, 0.6) is 11.5 Å². The molecule has 156 valence electrons. The molecule has 0 spiro atoms. The van der Waals surface area contributed by atoms with E-state index < -0.39 is 0 Å². The molecule has 0 amide bonds. The quantitative estimate of drug-likeness (QED) is 0.357. The number of ether oxygens (including phenoxy) is 2. The third-order valence-electron chi connectivity index (χ3n) is 4.55. The second-order valence-electron chi connectivity index (χ2n) is 6.85. The van der Waals surface area contributed by atoms with Crippen LogP contribution in [0.4, 0.5) is 0 Å². The third kappa shape index (κ3) is 9.18. The topological polar surface area (TPSA) is 30.5 Å². The first-order valence-corrected chi connectivity index (χ1v) is 10.4. The smallest absolute Gasteiger partial charge is 0.161 e. The van der Waals surface area contributed by atoms with Crippen molar-refractivity contribution in [2.24, 2.45) is 0 Å². The number of hydrogen-bond acceptors (Lipinski definition) is 3. The average molecular weight is 426 g/mol. The van der Waals surface area contributed by atoms with Crippen molar-refractivity contribution in [3.8, 4) is 11.5 Å². The predicted octanol–water partition coefficient (Wildman–Crippen LogP) is 6.80. The molecular formula is C23H33Cl2NO2. The van der Waals surface area contributed by atoms with Crippen LogP contribution in [-0.4, -0.2) is 13.7 Å². The molecule has 2 rings (SSSR count). The highest BCUT2D eigenvalue weighted by Gasteiger charge is 2.06. The average Bonchev–Trinajstić information content (AvgIpc) is 2.69. The minimum atomic E-state index is 0. The van der Waals surface area contributed by atoms with E-state index >= 15 is 0 Å². The lowest BCUT2D eigenvalue weighted by Crippen LogP contribution is -2.14. The van der Waals surface area contributed by atoms with Crippen molar-refractivity contribution in [2.45, 2.75) is 58.6 Å². The summed E-state index contributed by atoms with van der Waals surface area (Å²) in [5, 5.41) is 4.23. The number of halogens is 2. The van der Waals surface area contributed by atoms with Crippen LogP contribution in [0.3, 0.4) is 0 Å². The van der Waals surface area contributed by atoms with Gasteiger partial charge in [0.1, 0.15) is 6.61 Å². The molecule has 3 nitrogen and oxygen atoms in total. The molecule has 0 saturated carbocycles. The van der Waals surface area contributed by atoms with Crippen molar-refractivity contribution >= 4 is 24.0 Å². The zero-order valence-electron chi connectivity index (χ0n) is 17.0. The summed E-state index contributed by atoms with van der Waals surface area (Å²) in [6.45, 7) is 4.62. The summed E-state index contributed by atoms with van der Waals surface area (Å²) in [6, 6.07) is 13.8. The van der Waals surface area contributed by atoms with Crippen molar-refractivity contribution in [2.75, 3.05) is 13.7 Å². The molecule has 2 aromatic carbocycles. The molecule has 0 aliphatic carbocycles. The first kappa shape index (κ1) is 24.6. The minimum absolute atomic E-state index is 0. The van der Waals surface area contributed by atoms with Gasteiger partial charge in [0.15, 0.2) is 11.5 Å². The Morgan fingerprint density at radius 3 is 2.43 bits per heavy atom. The molecule has 0 unspecified atom stereocenters. The number of nitrogens with one attached hydrogen (secondary N) is 1. The van der Waals surface area contributed by atoms with Crippen molar-refractivity contribution in [1.29, 1.82) is 0 Å². The molecule has 0 saturated heterocycles. The van der Waals surface area contributed by atoms with Gasteiger partial charge in [0.2, 0.25) is 0 Å². The van der Waals surface area contributed by atoms with E-state index in [0.29, 0.717) is 6.61 Å². The van der Waals surface area contributed by atoms with E-state index in [4.69, 9.17) is 21.1 Å². The van der Waals surface area contributed by atoms with Gasteiger partial charge in [-0.1, -0.05) is 68.8 Å². The Hall–Kier alpha value is -1.42. The Kier molecular flexibility index (Phi) is 12.8. The molecule has 28 heavy (non-hydrogen) atoms. The Morgan fingerprint density at radius 1 is 0.893 bits per heavy atom. The maximum Gasteiger partial charge on any atom is 0.161 e. The molecular weight excluding hydrogens is 393 g/mol. The number of benzene rings is 2. The van der Waals surface area contributed by atoms with Gasteiger partial charge >= 0.3 is 0 Å². The lowest BCUT2D eigenvalue weighted by Gasteiger charge is -2.13. The Bertz CT molecular complexity index is 679. The van der Waals surface area contributed by atoms with Gasteiger partial charge in [-0.05, 0) is 48.4 Å². The van der Waals surface area contributed by atoms with Gasteiger partial charge in [-0.3, -0.25) is 0 Å². The highest BCUT2D eigenvalue weighted by Crippen LogP contribution is 2.29.